The van der Waals surface area contributed by atoms with Gasteiger partial charge in [-0.2, -0.15) is 5.10 Å². The molecule has 0 unspecified atom stereocenters. The van der Waals surface area contributed by atoms with Gasteiger partial charge in [-0.25, -0.2) is 0 Å². The van der Waals surface area contributed by atoms with Crippen LogP contribution in [0.3, 0.4) is 0 Å². The molecule has 0 fully saturated rings. The summed E-state index contributed by atoms with van der Waals surface area (Å²) in [4.78, 5) is 13.9. The molecule has 2 N–H and O–H groups in total. The Hall–Kier alpha value is -1.36. The maximum Gasteiger partial charge on any atom is 0.257 e. The van der Waals surface area contributed by atoms with E-state index >= 15 is 0 Å². The van der Waals surface area contributed by atoms with Crippen LogP contribution in [-0.2, 0) is 7.05 Å². The van der Waals surface area contributed by atoms with Crippen LogP contribution in [0.5, 0.6) is 0 Å². The van der Waals surface area contributed by atoms with Gasteiger partial charge in [0.25, 0.3) is 5.91 Å². The summed E-state index contributed by atoms with van der Waals surface area (Å²) in [7, 11) is 3.59. The van der Waals surface area contributed by atoms with Crippen LogP contribution in [0.4, 0.5) is 0 Å². The molecule has 1 rings (SSSR count). The molecular weight excluding hydrogens is 204 g/mol. The van der Waals surface area contributed by atoms with E-state index in [2.05, 4.69) is 5.10 Å². The van der Waals surface area contributed by atoms with E-state index in [1.807, 2.05) is 27.8 Å². The van der Waals surface area contributed by atoms with Crippen molar-refractivity contribution < 1.29 is 4.79 Å². The zero-order valence-electron chi connectivity index (χ0n) is 10.6. The van der Waals surface area contributed by atoms with Crippen molar-refractivity contribution in [2.24, 2.45) is 12.8 Å². The van der Waals surface area contributed by atoms with Crippen molar-refractivity contribution >= 4 is 5.91 Å². The molecule has 16 heavy (non-hydrogen) atoms. The Labute approximate surface area is 96.2 Å². The number of carbonyl (C=O) groups is 1. The second-order valence-electron chi connectivity index (χ2n) is 4.65. The van der Waals surface area contributed by atoms with Crippen LogP contribution < -0.4 is 5.73 Å². The quantitative estimate of drug-likeness (QED) is 0.815. The van der Waals surface area contributed by atoms with Crippen molar-refractivity contribution in [2.45, 2.75) is 26.3 Å². The van der Waals surface area contributed by atoms with Gasteiger partial charge in [0.15, 0.2) is 0 Å². The molecule has 0 spiro atoms. The lowest BCUT2D eigenvalue weighted by atomic mass is 10.0. The van der Waals surface area contributed by atoms with E-state index in [0.717, 1.165) is 5.69 Å². The fourth-order valence-corrected chi connectivity index (χ4v) is 1.30. The Kier molecular flexibility index (Phi) is 3.38. The summed E-state index contributed by atoms with van der Waals surface area (Å²) >= 11 is 0. The molecule has 5 heteroatoms. The first kappa shape index (κ1) is 12.7. The van der Waals surface area contributed by atoms with Crippen LogP contribution in [-0.4, -0.2) is 39.7 Å². The summed E-state index contributed by atoms with van der Waals surface area (Å²) in [5.74, 6) is -0.0407. The number of amides is 1. The number of rotatable bonds is 3. The minimum Gasteiger partial charge on any atom is -0.335 e. The average molecular weight is 224 g/mol. The van der Waals surface area contributed by atoms with Crippen molar-refractivity contribution in [2.75, 3.05) is 13.6 Å². The first-order chi connectivity index (χ1) is 7.31. The second kappa shape index (κ2) is 4.25. The molecule has 0 atom stereocenters. The van der Waals surface area contributed by atoms with Gasteiger partial charge < -0.3 is 10.6 Å². The van der Waals surface area contributed by atoms with E-state index in [1.54, 1.807) is 22.8 Å². The molecule has 0 bridgehead atoms. The number of nitrogens with two attached hydrogens (primary N) is 1. The molecule has 1 amide bonds. The summed E-state index contributed by atoms with van der Waals surface area (Å²) < 4.78 is 1.69. The largest absolute Gasteiger partial charge is 0.335 e. The highest BCUT2D eigenvalue weighted by Crippen LogP contribution is 2.16. The van der Waals surface area contributed by atoms with Crippen LogP contribution in [0.1, 0.15) is 29.9 Å². The number of aryl methyl sites for hydroxylation is 1. The van der Waals surface area contributed by atoms with E-state index < -0.39 is 0 Å². The van der Waals surface area contributed by atoms with Crippen molar-refractivity contribution in [1.82, 2.24) is 14.7 Å². The lowest BCUT2D eigenvalue weighted by molar-refractivity contribution is 0.0639. The van der Waals surface area contributed by atoms with Crippen LogP contribution in [0.15, 0.2) is 6.20 Å². The average Bonchev–Trinajstić information content (AvgIpc) is 2.58. The molecule has 0 aliphatic heterocycles. The van der Waals surface area contributed by atoms with E-state index in [-0.39, 0.29) is 11.4 Å². The number of hydrogen-bond acceptors (Lipinski definition) is 3. The van der Waals surface area contributed by atoms with Gasteiger partial charge in [-0.3, -0.25) is 9.48 Å². The number of aromatic nitrogens is 2. The van der Waals surface area contributed by atoms with Gasteiger partial charge in [0.05, 0.1) is 11.8 Å². The lowest BCUT2D eigenvalue weighted by Crippen LogP contribution is -2.50. The molecule has 1 aromatic rings. The summed E-state index contributed by atoms with van der Waals surface area (Å²) in [5, 5.41) is 4.07. The summed E-state index contributed by atoms with van der Waals surface area (Å²) in [6, 6.07) is 0. The fraction of sp³-hybridized carbons (Fsp3) is 0.636. The van der Waals surface area contributed by atoms with E-state index in [0.29, 0.717) is 12.1 Å². The maximum absolute atomic E-state index is 12.2. The van der Waals surface area contributed by atoms with Crippen LogP contribution >= 0.6 is 0 Å². The highest BCUT2D eigenvalue weighted by molar-refractivity contribution is 5.95. The Balaban J connectivity index is 2.99. The van der Waals surface area contributed by atoms with Crippen molar-refractivity contribution in [1.29, 1.82) is 0 Å². The second-order valence-corrected chi connectivity index (χ2v) is 4.65. The monoisotopic (exact) mass is 224 g/mol. The zero-order valence-corrected chi connectivity index (χ0v) is 10.6. The fourth-order valence-electron chi connectivity index (χ4n) is 1.30. The number of hydrogen-bond donors (Lipinski definition) is 1. The van der Waals surface area contributed by atoms with Crippen LogP contribution in [0.2, 0.25) is 0 Å². The Morgan fingerprint density at radius 3 is 2.56 bits per heavy atom. The Morgan fingerprint density at radius 1 is 1.62 bits per heavy atom. The minimum absolute atomic E-state index is 0.0407. The molecule has 0 radical (unpaired) electrons. The van der Waals surface area contributed by atoms with Gasteiger partial charge in [0.1, 0.15) is 0 Å². The number of likely N-dealkylation sites (N-methyl/N-ethyl adjacent to an activating group) is 1. The van der Waals surface area contributed by atoms with Crippen LogP contribution in [0, 0.1) is 6.92 Å². The summed E-state index contributed by atoms with van der Waals surface area (Å²) in [6.45, 7) is 6.19. The van der Waals surface area contributed by atoms with Crippen molar-refractivity contribution in [3.63, 3.8) is 0 Å². The normalized spacial score (nSPS) is 11.6. The smallest absolute Gasteiger partial charge is 0.257 e. The third kappa shape index (κ3) is 2.09. The molecule has 90 valence electrons. The Bertz CT molecular complexity index is 395. The van der Waals surface area contributed by atoms with Gasteiger partial charge in [0.2, 0.25) is 0 Å². The number of carbonyl (C=O) groups excluding carboxylic acids is 1. The third-order valence-corrected chi connectivity index (χ3v) is 3.18. The molecule has 0 saturated carbocycles. The van der Waals surface area contributed by atoms with E-state index in [1.165, 1.54) is 0 Å². The van der Waals surface area contributed by atoms with E-state index in [9.17, 15) is 4.79 Å². The first-order valence-corrected chi connectivity index (χ1v) is 5.28. The van der Waals surface area contributed by atoms with Gasteiger partial charge in [-0.1, -0.05) is 0 Å². The Morgan fingerprint density at radius 2 is 2.19 bits per heavy atom. The third-order valence-electron chi connectivity index (χ3n) is 3.18. The predicted octanol–water partition coefficient (Wildman–Crippen LogP) is 0.538. The molecule has 0 saturated heterocycles. The minimum atomic E-state index is -0.348. The molecule has 0 aliphatic rings. The van der Waals surface area contributed by atoms with Gasteiger partial charge in [-0.05, 0) is 20.8 Å². The lowest BCUT2D eigenvalue weighted by Gasteiger charge is -2.34. The van der Waals surface area contributed by atoms with Gasteiger partial charge >= 0.3 is 0 Å². The molecule has 1 aromatic heterocycles. The molecular formula is C11H20N4O. The zero-order chi connectivity index (χ0) is 12.5. The molecule has 1 heterocycles. The maximum atomic E-state index is 12.2. The van der Waals surface area contributed by atoms with Crippen molar-refractivity contribution in [3.05, 3.63) is 17.5 Å². The summed E-state index contributed by atoms with van der Waals surface area (Å²) in [6.07, 6.45) is 1.60. The topological polar surface area (TPSA) is 64.2 Å². The standard InChI is InChI=1S/C11H20N4O/c1-8-9(6-13-15(8)5)10(16)14(4)11(2,3)7-12/h6H,7,12H2,1-5H3. The molecule has 0 aromatic carbocycles. The van der Waals surface area contributed by atoms with E-state index in [4.69, 9.17) is 5.73 Å². The molecule has 0 aliphatic carbocycles. The highest BCUT2D eigenvalue weighted by atomic mass is 16.2. The number of nitrogens with zero attached hydrogens (tertiary/aromatic N) is 3. The first-order valence-electron chi connectivity index (χ1n) is 5.28. The van der Waals surface area contributed by atoms with Crippen molar-refractivity contribution in [3.8, 4) is 0 Å². The van der Waals surface area contributed by atoms with Gasteiger partial charge in [-0.15, -0.1) is 0 Å². The summed E-state index contributed by atoms with van der Waals surface area (Å²) in [5.41, 5.74) is 6.80. The predicted molar refractivity (Wildman–Crippen MR) is 63.2 cm³/mol. The van der Waals surface area contributed by atoms with Gasteiger partial charge in [0, 0.05) is 31.9 Å². The SMILES string of the molecule is Cc1c(C(=O)N(C)C(C)(C)CN)cnn1C. The van der Waals surface area contributed by atoms with Crippen LogP contribution in [0.25, 0.3) is 0 Å². The molecule has 5 nitrogen and oxygen atoms in total. The highest BCUT2D eigenvalue weighted by Gasteiger charge is 2.28.